The van der Waals surface area contributed by atoms with E-state index in [0.29, 0.717) is 12.1 Å². The summed E-state index contributed by atoms with van der Waals surface area (Å²) in [7, 11) is 4.27. The standard InChI is InChI=1S/C25H31N3OS/c1-25(2,3)21-14-12-20(13-15-21)23(29)28(17-9-16-27(4)5)24-26-22(18-30-24)19-10-7-6-8-11-19/h6-8,10-15,18H,9,16-17H2,1-5H3/p+1. The van der Waals surface area contributed by atoms with Gasteiger partial charge in [-0.2, -0.15) is 0 Å². The SMILES string of the molecule is C[NH+](C)CCCN(C(=O)c1ccc(C(C)(C)C)cc1)c1nc(-c2ccccc2)cs1. The largest absolute Gasteiger partial charge is 0.340 e. The Labute approximate surface area is 184 Å². The van der Waals surface area contributed by atoms with Crippen LogP contribution in [0.2, 0.25) is 0 Å². The highest BCUT2D eigenvalue weighted by molar-refractivity contribution is 7.14. The van der Waals surface area contributed by atoms with Gasteiger partial charge in [0.1, 0.15) is 0 Å². The highest BCUT2D eigenvalue weighted by atomic mass is 32.1. The number of quaternary nitrogens is 1. The number of carbonyl (C=O) groups is 1. The smallest absolute Gasteiger partial charge is 0.260 e. The number of hydrogen-bond donors (Lipinski definition) is 1. The number of nitrogens with zero attached hydrogens (tertiary/aromatic N) is 2. The lowest BCUT2D eigenvalue weighted by atomic mass is 9.86. The molecular formula is C25H32N3OS+. The molecule has 1 aromatic heterocycles. The van der Waals surface area contributed by atoms with Crippen molar-refractivity contribution >= 4 is 22.4 Å². The van der Waals surface area contributed by atoms with Crippen LogP contribution in [0.4, 0.5) is 5.13 Å². The van der Waals surface area contributed by atoms with E-state index in [1.54, 1.807) is 0 Å². The Kier molecular flexibility index (Phi) is 7.06. The summed E-state index contributed by atoms with van der Waals surface area (Å²) in [5, 5.41) is 2.79. The van der Waals surface area contributed by atoms with Crippen LogP contribution in [0.5, 0.6) is 0 Å². The second-order valence-electron chi connectivity index (χ2n) is 8.98. The second kappa shape index (κ2) is 9.54. The molecular weight excluding hydrogens is 390 g/mol. The van der Waals surface area contributed by atoms with Crippen molar-refractivity contribution in [3.8, 4) is 11.3 Å². The molecule has 1 heterocycles. The first-order chi connectivity index (χ1) is 14.3. The zero-order chi connectivity index (χ0) is 21.7. The zero-order valence-corrected chi connectivity index (χ0v) is 19.4. The van der Waals surface area contributed by atoms with Crippen LogP contribution in [-0.4, -0.2) is 38.1 Å². The molecule has 3 aromatic rings. The molecule has 0 radical (unpaired) electrons. The fourth-order valence-corrected chi connectivity index (χ4v) is 4.13. The third kappa shape index (κ3) is 5.55. The quantitative estimate of drug-likeness (QED) is 0.617. The first kappa shape index (κ1) is 22.2. The number of aromatic nitrogens is 1. The molecule has 5 heteroatoms. The van der Waals surface area contributed by atoms with Crippen molar-refractivity contribution in [2.45, 2.75) is 32.6 Å². The number of nitrogens with one attached hydrogen (secondary N) is 1. The van der Waals surface area contributed by atoms with Gasteiger partial charge in [-0.05, 0) is 23.1 Å². The number of rotatable bonds is 7. The van der Waals surface area contributed by atoms with Crippen molar-refractivity contribution in [3.63, 3.8) is 0 Å². The second-order valence-corrected chi connectivity index (χ2v) is 9.81. The summed E-state index contributed by atoms with van der Waals surface area (Å²) in [4.78, 5) is 21.4. The van der Waals surface area contributed by atoms with E-state index in [9.17, 15) is 4.79 Å². The molecule has 0 spiro atoms. The summed E-state index contributed by atoms with van der Waals surface area (Å²) in [6.45, 7) is 8.21. The van der Waals surface area contributed by atoms with Crippen LogP contribution >= 0.6 is 11.3 Å². The Morgan fingerprint density at radius 2 is 1.70 bits per heavy atom. The predicted octanol–water partition coefficient (Wildman–Crippen LogP) is 4.29. The average molecular weight is 423 g/mol. The van der Waals surface area contributed by atoms with Crippen LogP contribution in [0, 0.1) is 0 Å². The third-order valence-corrected chi connectivity index (χ3v) is 5.96. The van der Waals surface area contributed by atoms with Crippen molar-refractivity contribution in [2.75, 3.05) is 32.1 Å². The zero-order valence-electron chi connectivity index (χ0n) is 18.6. The molecule has 0 fully saturated rings. The van der Waals surface area contributed by atoms with Crippen LogP contribution < -0.4 is 9.80 Å². The van der Waals surface area contributed by atoms with E-state index in [0.717, 1.165) is 29.4 Å². The lowest BCUT2D eigenvalue weighted by Crippen LogP contribution is -3.05. The summed E-state index contributed by atoms with van der Waals surface area (Å²) < 4.78 is 0. The summed E-state index contributed by atoms with van der Waals surface area (Å²) in [5.41, 5.74) is 3.98. The van der Waals surface area contributed by atoms with Gasteiger partial charge >= 0.3 is 0 Å². The number of carbonyl (C=O) groups excluding carboxylic acids is 1. The topological polar surface area (TPSA) is 37.6 Å². The number of hydrogen-bond acceptors (Lipinski definition) is 3. The van der Waals surface area contributed by atoms with Crippen molar-refractivity contribution in [3.05, 3.63) is 71.1 Å². The van der Waals surface area contributed by atoms with Crippen molar-refractivity contribution < 1.29 is 9.69 Å². The van der Waals surface area contributed by atoms with Gasteiger partial charge in [0.15, 0.2) is 5.13 Å². The molecule has 0 aliphatic heterocycles. The minimum atomic E-state index is 0.0122. The average Bonchev–Trinajstić information content (AvgIpc) is 3.20. The maximum absolute atomic E-state index is 13.4. The lowest BCUT2D eigenvalue weighted by Gasteiger charge is -2.22. The molecule has 0 aliphatic rings. The number of amides is 1. The first-order valence-corrected chi connectivity index (χ1v) is 11.4. The molecule has 0 saturated heterocycles. The van der Waals surface area contributed by atoms with E-state index in [1.165, 1.54) is 21.8 Å². The molecule has 0 atom stereocenters. The molecule has 0 saturated carbocycles. The summed E-state index contributed by atoms with van der Waals surface area (Å²) in [5.74, 6) is 0.0122. The molecule has 2 aromatic carbocycles. The van der Waals surface area contributed by atoms with E-state index < -0.39 is 0 Å². The van der Waals surface area contributed by atoms with Gasteiger partial charge in [-0.1, -0.05) is 63.2 Å². The Morgan fingerprint density at radius 1 is 1.03 bits per heavy atom. The Balaban J connectivity index is 1.87. The van der Waals surface area contributed by atoms with Gasteiger partial charge < -0.3 is 4.90 Å². The van der Waals surface area contributed by atoms with Gasteiger partial charge in [0.2, 0.25) is 0 Å². The van der Waals surface area contributed by atoms with Gasteiger partial charge in [-0.25, -0.2) is 4.98 Å². The van der Waals surface area contributed by atoms with Crippen LogP contribution in [-0.2, 0) is 5.41 Å². The Hall–Kier alpha value is -2.50. The van der Waals surface area contributed by atoms with Gasteiger partial charge in [0.25, 0.3) is 5.91 Å². The van der Waals surface area contributed by atoms with Gasteiger partial charge in [-0.15, -0.1) is 11.3 Å². The van der Waals surface area contributed by atoms with Crippen LogP contribution in [0.1, 0.15) is 43.1 Å². The van der Waals surface area contributed by atoms with Crippen LogP contribution in [0.25, 0.3) is 11.3 Å². The number of thiazole rings is 1. The molecule has 3 rings (SSSR count). The monoisotopic (exact) mass is 422 g/mol. The van der Waals surface area contributed by atoms with Crippen molar-refractivity contribution in [1.29, 1.82) is 0 Å². The molecule has 0 bridgehead atoms. The predicted molar refractivity (Wildman–Crippen MR) is 127 cm³/mol. The number of benzene rings is 2. The van der Waals surface area contributed by atoms with Crippen LogP contribution in [0.3, 0.4) is 0 Å². The lowest BCUT2D eigenvalue weighted by molar-refractivity contribution is -0.858. The minimum absolute atomic E-state index is 0.0122. The van der Waals surface area contributed by atoms with Crippen molar-refractivity contribution in [1.82, 2.24) is 4.98 Å². The van der Waals surface area contributed by atoms with Gasteiger partial charge in [-0.3, -0.25) is 9.69 Å². The minimum Gasteiger partial charge on any atom is -0.340 e. The Morgan fingerprint density at radius 3 is 2.30 bits per heavy atom. The third-order valence-electron chi connectivity index (χ3n) is 5.09. The summed E-state index contributed by atoms with van der Waals surface area (Å²) in [6, 6.07) is 18.1. The van der Waals surface area contributed by atoms with E-state index in [4.69, 9.17) is 4.98 Å². The van der Waals surface area contributed by atoms with E-state index >= 15 is 0 Å². The summed E-state index contributed by atoms with van der Waals surface area (Å²) >= 11 is 1.53. The highest BCUT2D eigenvalue weighted by Gasteiger charge is 2.22. The molecule has 1 N–H and O–H groups in total. The maximum atomic E-state index is 13.4. The van der Waals surface area contributed by atoms with Gasteiger partial charge in [0.05, 0.1) is 26.3 Å². The molecule has 158 valence electrons. The van der Waals surface area contributed by atoms with E-state index in [2.05, 4.69) is 47.0 Å². The number of anilines is 1. The summed E-state index contributed by atoms with van der Waals surface area (Å²) in [6.07, 6.45) is 0.925. The van der Waals surface area contributed by atoms with E-state index in [-0.39, 0.29) is 11.3 Å². The van der Waals surface area contributed by atoms with E-state index in [1.807, 2.05) is 52.7 Å². The molecule has 0 aliphatic carbocycles. The molecule has 1 amide bonds. The van der Waals surface area contributed by atoms with Gasteiger partial charge in [0, 0.05) is 29.5 Å². The maximum Gasteiger partial charge on any atom is 0.260 e. The Bertz CT molecular complexity index is 956. The molecule has 4 nitrogen and oxygen atoms in total. The molecule has 0 unspecified atom stereocenters. The fourth-order valence-electron chi connectivity index (χ4n) is 3.27. The highest BCUT2D eigenvalue weighted by Crippen LogP contribution is 2.29. The first-order valence-electron chi connectivity index (χ1n) is 10.5. The molecule has 30 heavy (non-hydrogen) atoms. The van der Waals surface area contributed by atoms with Crippen LogP contribution in [0.15, 0.2) is 60.0 Å². The fraction of sp³-hybridized carbons (Fsp3) is 0.360. The normalized spacial score (nSPS) is 11.7. The van der Waals surface area contributed by atoms with Crippen molar-refractivity contribution in [2.24, 2.45) is 0 Å².